The number of hydrogen-bond donors (Lipinski definition) is 0. The van der Waals surface area contributed by atoms with Crippen molar-refractivity contribution in [1.82, 2.24) is 0 Å². The van der Waals surface area contributed by atoms with Gasteiger partial charge in [-0.15, -0.1) is 0 Å². The van der Waals surface area contributed by atoms with E-state index in [1.54, 1.807) is 0 Å². The molecule has 0 amide bonds. The topological polar surface area (TPSA) is 17.1 Å². The van der Waals surface area contributed by atoms with Crippen molar-refractivity contribution in [2.24, 2.45) is 0 Å². The van der Waals surface area contributed by atoms with Gasteiger partial charge in [-0.25, -0.2) is 0 Å². The number of rotatable bonds is 0. The predicted molar refractivity (Wildman–Crippen MR) is 26.3 cm³/mol. The van der Waals surface area contributed by atoms with Gasteiger partial charge in [-0.1, -0.05) is 0 Å². The van der Waals surface area contributed by atoms with Gasteiger partial charge in [-0.05, 0) is 0 Å². The van der Waals surface area contributed by atoms with E-state index in [0.717, 1.165) is 0 Å². The predicted octanol–water partition coefficient (Wildman–Crippen LogP) is -2.87. The molecule has 0 aromatic heterocycles. The summed E-state index contributed by atoms with van der Waals surface area (Å²) in [6.45, 7) is 0. The van der Waals surface area contributed by atoms with Crippen LogP contribution < -0.4 is 0 Å². The van der Waals surface area contributed by atoms with Crippen molar-refractivity contribution in [2.45, 2.75) is 0 Å². The monoisotopic (exact) mass is 390 g/mol. The summed E-state index contributed by atoms with van der Waals surface area (Å²) in [5, 5.41) is 0. The molecular formula is H6GaInOSnZn. The normalized spacial score (nSPS) is 0.800. The summed E-state index contributed by atoms with van der Waals surface area (Å²) in [6.07, 6.45) is 0. The molecule has 0 atom stereocenters. The summed E-state index contributed by atoms with van der Waals surface area (Å²) >= 11 is 0.300. The Morgan fingerprint density at radius 1 is 1.20 bits per heavy atom. The van der Waals surface area contributed by atoms with Gasteiger partial charge in [-0.3, -0.25) is 0 Å². The van der Waals surface area contributed by atoms with Gasteiger partial charge in [0.1, 0.15) is 0 Å². The fraction of sp³-hybridized carbons (Fsp3) is 0. The SMILES string of the molecule is [GaH3].[InH3].[O]=[Sn].[Zn]. The Morgan fingerprint density at radius 3 is 1.20 bits per heavy atom. The van der Waals surface area contributed by atoms with Crippen LogP contribution in [0.15, 0.2) is 0 Å². The third kappa shape index (κ3) is 20.2. The van der Waals surface area contributed by atoms with E-state index in [1.165, 1.54) is 0 Å². The molecule has 0 unspecified atom stereocenters. The number of hydrogen-bond acceptors (Lipinski definition) is 1. The third-order valence-corrected chi connectivity index (χ3v) is 0. The van der Waals surface area contributed by atoms with E-state index < -0.39 is 0 Å². The Balaban J connectivity index is -0.00000000167. The maximum absolute atomic E-state index is 8.34. The molecule has 0 saturated carbocycles. The van der Waals surface area contributed by atoms with E-state index in [4.69, 9.17) is 3.08 Å². The average Bonchev–Trinajstić information content (AvgIpc) is 1.00. The minimum Gasteiger partial charge on any atom is 0 e. The molecule has 0 heterocycles. The molecule has 0 aliphatic rings. The summed E-state index contributed by atoms with van der Waals surface area (Å²) in [4.78, 5) is 0. The molecule has 0 aliphatic carbocycles. The first-order valence-electron chi connectivity index (χ1n) is 0.204. The van der Waals surface area contributed by atoms with Crippen LogP contribution in [0.4, 0.5) is 0 Å². The van der Waals surface area contributed by atoms with Gasteiger partial charge in [0, 0.05) is 19.5 Å². The molecule has 24 valence electrons. The van der Waals surface area contributed by atoms with Gasteiger partial charge in [0.05, 0.1) is 0 Å². The fourth-order valence-electron chi connectivity index (χ4n) is 0. The van der Waals surface area contributed by atoms with Crippen LogP contribution in [0.2, 0.25) is 0 Å². The molecule has 0 N–H and O–H groups in total. The largest absolute Gasteiger partial charge is 0 e. The van der Waals surface area contributed by atoms with Crippen LogP contribution in [-0.2, 0) is 22.6 Å². The summed E-state index contributed by atoms with van der Waals surface area (Å²) in [5.41, 5.74) is 0. The van der Waals surface area contributed by atoms with E-state index >= 15 is 0 Å². The minimum atomic E-state index is 0. The molecule has 5 heteroatoms. The van der Waals surface area contributed by atoms with E-state index in [2.05, 4.69) is 0 Å². The van der Waals surface area contributed by atoms with Crippen molar-refractivity contribution in [3.63, 3.8) is 0 Å². The van der Waals surface area contributed by atoms with Crippen molar-refractivity contribution >= 4 is 68.1 Å². The van der Waals surface area contributed by atoms with Gasteiger partial charge in [0.25, 0.3) is 0 Å². The molecule has 5 heavy (non-hydrogen) atoms. The van der Waals surface area contributed by atoms with Gasteiger partial charge in [0.15, 0.2) is 0 Å². The molecule has 2 radical (unpaired) electrons. The van der Waals surface area contributed by atoms with Crippen LogP contribution >= 0.6 is 0 Å². The maximum Gasteiger partial charge on any atom is 0 e. The van der Waals surface area contributed by atoms with Gasteiger partial charge < -0.3 is 0 Å². The average molecular weight is 391 g/mol. The summed E-state index contributed by atoms with van der Waals surface area (Å²) in [7, 11) is 0. The first kappa shape index (κ1) is 25.2. The van der Waals surface area contributed by atoms with Crippen molar-refractivity contribution in [1.29, 1.82) is 0 Å². The van der Waals surface area contributed by atoms with Crippen LogP contribution in [0.3, 0.4) is 0 Å². The summed E-state index contributed by atoms with van der Waals surface area (Å²) in [5.74, 6) is 0. The van der Waals surface area contributed by atoms with E-state index in [9.17, 15) is 0 Å². The minimum absolute atomic E-state index is 0. The second-order valence-corrected chi connectivity index (χ2v) is 0. The second-order valence-electron chi connectivity index (χ2n) is 0. The first-order chi connectivity index (χ1) is 1.00. The summed E-state index contributed by atoms with van der Waals surface area (Å²) < 4.78 is 8.34. The zero-order valence-corrected chi connectivity index (χ0v) is 7.44. The molecule has 0 rings (SSSR count). The first-order valence-corrected chi connectivity index (χ1v) is 1.37. The van der Waals surface area contributed by atoms with Gasteiger partial charge in [-0.2, -0.15) is 0 Å². The van der Waals surface area contributed by atoms with E-state index in [0.29, 0.717) is 22.5 Å². The van der Waals surface area contributed by atoms with Crippen molar-refractivity contribution in [2.75, 3.05) is 0 Å². The molecular weight excluding hydrogens is 385 g/mol. The molecule has 0 spiro atoms. The van der Waals surface area contributed by atoms with Gasteiger partial charge in [0.2, 0.25) is 0 Å². The smallest absolute Gasteiger partial charge is 0 e. The zero-order chi connectivity index (χ0) is 2.00. The quantitative estimate of drug-likeness (QED) is 0.407. The Labute approximate surface area is 89.1 Å². The Morgan fingerprint density at radius 2 is 1.20 bits per heavy atom. The third-order valence-electron chi connectivity index (χ3n) is 0. The van der Waals surface area contributed by atoms with Gasteiger partial charge >= 0.3 is 71.2 Å². The maximum atomic E-state index is 8.34. The zero-order valence-electron chi connectivity index (χ0n) is 1.62. The molecule has 0 fully saturated rings. The van der Waals surface area contributed by atoms with Crippen molar-refractivity contribution < 1.29 is 22.6 Å². The standard InChI is InChI=1S/Ga.In.O.Sn.Zn.6H. The van der Waals surface area contributed by atoms with E-state index in [1.807, 2.05) is 0 Å². The molecule has 0 aromatic carbocycles. The van der Waals surface area contributed by atoms with Crippen LogP contribution in [-0.4, -0.2) is 68.1 Å². The van der Waals surface area contributed by atoms with Crippen molar-refractivity contribution in [3.05, 3.63) is 0 Å². The molecule has 0 bridgehead atoms. The Kier molecular flexibility index (Phi) is 149. The summed E-state index contributed by atoms with van der Waals surface area (Å²) in [6, 6.07) is 0. The van der Waals surface area contributed by atoms with E-state index in [-0.39, 0.29) is 65.1 Å². The Hall–Kier alpha value is 2.73. The van der Waals surface area contributed by atoms with Crippen LogP contribution in [0.25, 0.3) is 0 Å². The van der Waals surface area contributed by atoms with Crippen molar-refractivity contribution in [3.8, 4) is 0 Å². The van der Waals surface area contributed by atoms with Crippen LogP contribution in [0.5, 0.6) is 0 Å². The molecule has 0 aromatic rings. The fourth-order valence-corrected chi connectivity index (χ4v) is 0. The molecule has 0 saturated heterocycles. The van der Waals surface area contributed by atoms with Crippen LogP contribution in [0.1, 0.15) is 0 Å². The second kappa shape index (κ2) is 29.7. The molecule has 1 nitrogen and oxygen atoms in total. The van der Waals surface area contributed by atoms with Crippen LogP contribution in [0, 0.1) is 0 Å². The molecule has 0 aliphatic heterocycles. The Bertz CT molecular complexity index is 11.6.